The molecule has 1 amide bonds. The number of carbonyl (C=O) groups is 1. The molecule has 106 valence electrons. The summed E-state index contributed by atoms with van der Waals surface area (Å²) in [5, 5.41) is 13.0. The van der Waals surface area contributed by atoms with Crippen LogP contribution in [0.2, 0.25) is 0 Å². The van der Waals surface area contributed by atoms with E-state index in [1.165, 1.54) is 0 Å². The van der Waals surface area contributed by atoms with E-state index in [1.807, 2.05) is 6.92 Å². The Kier molecular flexibility index (Phi) is 5.34. The van der Waals surface area contributed by atoms with Gasteiger partial charge in [0.15, 0.2) is 0 Å². The molecule has 1 aromatic heterocycles. The molecule has 1 saturated carbocycles. The van der Waals surface area contributed by atoms with Crippen LogP contribution in [0.25, 0.3) is 0 Å². The van der Waals surface area contributed by atoms with Gasteiger partial charge in [0, 0.05) is 23.7 Å². The molecule has 4 nitrogen and oxygen atoms in total. The van der Waals surface area contributed by atoms with Crippen LogP contribution in [-0.4, -0.2) is 28.6 Å². The van der Waals surface area contributed by atoms with Crippen LogP contribution in [0.5, 0.6) is 0 Å². The molecule has 0 aliphatic heterocycles. The number of hydrogen-bond acceptors (Lipinski definition) is 4. The van der Waals surface area contributed by atoms with Gasteiger partial charge in [-0.3, -0.25) is 4.79 Å². The minimum atomic E-state index is 0.106. The standard InChI is InChI=1S/C14H22N2O2S/c1-10-15-9-13(19-10)8-14(18)16-12-4-2-11(3-5-12)6-7-17/h9,11-12,17H,2-8H2,1H3,(H,16,18). The maximum atomic E-state index is 11.9. The molecule has 0 bridgehead atoms. The number of nitrogens with one attached hydrogen (secondary N) is 1. The molecule has 2 rings (SSSR count). The van der Waals surface area contributed by atoms with E-state index < -0.39 is 0 Å². The first-order chi connectivity index (χ1) is 9.17. The zero-order chi connectivity index (χ0) is 13.7. The largest absolute Gasteiger partial charge is 0.396 e. The van der Waals surface area contributed by atoms with E-state index in [1.54, 1.807) is 17.5 Å². The number of aryl methyl sites for hydroxylation is 1. The quantitative estimate of drug-likeness (QED) is 0.869. The van der Waals surface area contributed by atoms with Crippen molar-refractivity contribution < 1.29 is 9.90 Å². The first-order valence-electron chi connectivity index (χ1n) is 6.99. The lowest BCUT2D eigenvalue weighted by Gasteiger charge is -2.28. The fraction of sp³-hybridized carbons (Fsp3) is 0.714. The van der Waals surface area contributed by atoms with E-state index >= 15 is 0 Å². The fourth-order valence-electron chi connectivity index (χ4n) is 2.70. The van der Waals surface area contributed by atoms with Crippen LogP contribution in [0.3, 0.4) is 0 Å². The molecule has 0 aromatic carbocycles. The molecular formula is C14H22N2O2S. The lowest BCUT2D eigenvalue weighted by atomic mass is 9.84. The summed E-state index contributed by atoms with van der Waals surface area (Å²) in [7, 11) is 0. The summed E-state index contributed by atoms with van der Waals surface area (Å²) in [6.45, 7) is 2.24. The Morgan fingerprint density at radius 2 is 2.21 bits per heavy atom. The van der Waals surface area contributed by atoms with Crippen molar-refractivity contribution in [2.75, 3.05) is 6.61 Å². The van der Waals surface area contributed by atoms with Gasteiger partial charge >= 0.3 is 0 Å². The van der Waals surface area contributed by atoms with Crippen molar-refractivity contribution in [3.63, 3.8) is 0 Å². The van der Waals surface area contributed by atoms with Crippen molar-refractivity contribution in [1.82, 2.24) is 10.3 Å². The number of amides is 1. The highest BCUT2D eigenvalue weighted by Crippen LogP contribution is 2.26. The molecule has 1 heterocycles. The zero-order valence-electron chi connectivity index (χ0n) is 11.4. The van der Waals surface area contributed by atoms with Gasteiger partial charge in [0.25, 0.3) is 0 Å². The van der Waals surface area contributed by atoms with Gasteiger partial charge in [-0.15, -0.1) is 11.3 Å². The second kappa shape index (κ2) is 7.01. The van der Waals surface area contributed by atoms with Gasteiger partial charge in [0.05, 0.1) is 11.4 Å². The third-order valence-electron chi connectivity index (χ3n) is 3.75. The summed E-state index contributed by atoms with van der Waals surface area (Å²) in [5.41, 5.74) is 0. The van der Waals surface area contributed by atoms with Gasteiger partial charge in [0.2, 0.25) is 5.91 Å². The molecular weight excluding hydrogens is 260 g/mol. The predicted octanol–water partition coefficient (Wildman–Crippen LogP) is 2.05. The molecule has 1 fully saturated rings. The minimum absolute atomic E-state index is 0.106. The Balaban J connectivity index is 1.71. The number of aliphatic hydroxyl groups excluding tert-OH is 1. The summed E-state index contributed by atoms with van der Waals surface area (Å²) in [5.74, 6) is 0.747. The summed E-state index contributed by atoms with van der Waals surface area (Å²) in [6, 6.07) is 0.316. The van der Waals surface area contributed by atoms with E-state index in [4.69, 9.17) is 5.11 Å². The van der Waals surface area contributed by atoms with Gasteiger partial charge in [-0.05, 0) is 44.9 Å². The number of thiazole rings is 1. The Morgan fingerprint density at radius 1 is 1.47 bits per heavy atom. The zero-order valence-corrected chi connectivity index (χ0v) is 12.2. The van der Waals surface area contributed by atoms with Crippen molar-refractivity contribution >= 4 is 17.2 Å². The summed E-state index contributed by atoms with van der Waals surface area (Å²) in [4.78, 5) is 17.1. The average molecular weight is 282 g/mol. The predicted molar refractivity (Wildman–Crippen MR) is 76.1 cm³/mol. The van der Waals surface area contributed by atoms with Crippen molar-refractivity contribution in [2.24, 2.45) is 5.92 Å². The molecule has 0 saturated heterocycles. The van der Waals surface area contributed by atoms with Crippen molar-refractivity contribution in [3.8, 4) is 0 Å². The number of nitrogens with zero attached hydrogens (tertiary/aromatic N) is 1. The highest BCUT2D eigenvalue weighted by atomic mass is 32.1. The normalized spacial score (nSPS) is 23.3. The number of carbonyl (C=O) groups excluding carboxylic acids is 1. The van der Waals surface area contributed by atoms with Crippen molar-refractivity contribution in [1.29, 1.82) is 0 Å². The molecule has 1 aliphatic rings. The number of aliphatic hydroxyl groups is 1. The van der Waals surface area contributed by atoms with E-state index in [-0.39, 0.29) is 12.5 Å². The van der Waals surface area contributed by atoms with Crippen LogP contribution in [-0.2, 0) is 11.2 Å². The third-order valence-corrected chi connectivity index (χ3v) is 4.67. The van der Waals surface area contributed by atoms with E-state index in [2.05, 4.69) is 10.3 Å². The Morgan fingerprint density at radius 3 is 2.79 bits per heavy atom. The maximum Gasteiger partial charge on any atom is 0.225 e. The van der Waals surface area contributed by atoms with E-state index in [0.29, 0.717) is 18.4 Å². The molecule has 0 radical (unpaired) electrons. The van der Waals surface area contributed by atoms with Crippen LogP contribution in [0.15, 0.2) is 6.20 Å². The Labute approximate surface area is 118 Å². The van der Waals surface area contributed by atoms with Crippen LogP contribution in [0, 0.1) is 12.8 Å². The van der Waals surface area contributed by atoms with Crippen LogP contribution < -0.4 is 5.32 Å². The van der Waals surface area contributed by atoms with Gasteiger partial charge in [-0.1, -0.05) is 0 Å². The van der Waals surface area contributed by atoms with Crippen molar-refractivity contribution in [3.05, 3.63) is 16.1 Å². The number of aromatic nitrogens is 1. The van der Waals surface area contributed by atoms with E-state index in [9.17, 15) is 4.79 Å². The van der Waals surface area contributed by atoms with Crippen LogP contribution >= 0.6 is 11.3 Å². The highest BCUT2D eigenvalue weighted by molar-refractivity contribution is 7.11. The summed E-state index contributed by atoms with van der Waals surface area (Å²) >= 11 is 1.59. The topological polar surface area (TPSA) is 62.2 Å². The minimum Gasteiger partial charge on any atom is -0.396 e. The highest BCUT2D eigenvalue weighted by Gasteiger charge is 2.22. The smallest absolute Gasteiger partial charge is 0.225 e. The molecule has 2 N–H and O–H groups in total. The first-order valence-corrected chi connectivity index (χ1v) is 7.80. The fourth-order valence-corrected chi connectivity index (χ4v) is 3.50. The number of hydrogen-bond donors (Lipinski definition) is 2. The van der Waals surface area contributed by atoms with Crippen LogP contribution in [0.4, 0.5) is 0 Å². The average Bonchev–Trinajstić information content (AvgIpc) is 2.77. The molecule has 0 spiro atoms. The Bertz CT molecular complexity index is 411. The molecule has 19 heavy (non-hydrogen) atoms. The third kappa shape index (κ3) is 4.58. The molecule has 0 atom stereocenters. The second-order valence-electron chi connectivity index (χ2n) is 5.32. The molecule has 0 unspecified atom stereocenters. The lowest BCUT2D eigenvalue weighted by Crippen LogP contribution is -2.38. The summed E-state index contributed by atoms with van der Waals surface area (Å²) < 4.78 is 0. The SMILES string of the molecule is Cc1ncc(CC(=O)NC2CCC(CCO)CC2)s1. The Hall–Kier alpha value is -0.940. The molecule has 1 aromatic rings. The van der Waals surface area contributed by atoms with Crippen LogP contribution in [0.1, 0.15) is 42.0 Å². The molecule has 5 heteroatoms. The van der Waals surface area contributed by atoms with Gasteiger partial charge in [0.1, 0.15) is 0 Å². The van der Waals surface area contributed by atoms with Gasteiger partial charge < -0.3 is 10.4 Å². The van der Waals surface area contributed by atoms with E-state index in [0.717, 1.165) is 42.0 Å². The van der Waals surface area contributed by atoms with Gasteiger partial charge in [-0.25, -0.2) is 4.98 Å². The van der Waals surface area contributed by atoms with Gasteiger partial charge in [-0.2, -0.15) is 0 Å². The monoisotopic (exact) mass is 282 g/mol. The first kappa shape index (κ1) is 14.5. The molecule has 1 aliphatic carbocycles. The maximum absolute atomic E-state index is 11.9. The second-order valence-corrected chi connectivity index (χ2v) is 6.64. The summed E-state index contributed by atoms with van der Waals surface area (Å²) in [6.07, 6.45) is 7.45. The van der Waals surface area contributed by atoms with Crippen molar-refractivity contribution in [2.45, 2.75) is 51.5 Å². The lowest BCUT2D eigenvalue weighted by molar-refractivity contribution is -0.121. The number of rotatable bonds is 5.